The van der Waals surface area contributed by atoms with Crippen LogP contribution in [0.4, 0.5) is 0 Å². The molecule has 0 aromatic heterocycles. The van der Waals surface area contributed by atoms with Gasteiger partial charge in [-0.2, -0.15) is 0 Å². The highest BCUT2D eigenvalue weighted by Gasteiger charge is 1.88. The van der Waals surface area contributed by atoms with E-state index in [9.17, 15) is 0 Å². The molecule has 0 aromatic rings. The van der Waals surface area contributed by atoms with Gasteiger partial charge < -0.3 is 51.2 Å². The van der Waals surface area contributed by atoms with E-state index in [4.69, 9.17) is 22.6 Å². The number of aliphatic imine (C=N–C) groups is 1. The third-order valence-electron chi connectivity index (χ3n) is 0.643. The summed E-state index contributed by atoms with van der Waals surface area (Å²) in [5, 5.41) is 6.90. The summed E-state index contributed by atoms with van der Waals surface area (Å²) in [5.41, 5.74) is 15.1. The molecule has 0 radical (unpaired) electrons. The van der Waals surface area contributed by atoms with Crippen molar-refractivity contribution in [3.8, 4) is 0 Å². The third-order valence-corrected chi connectivity index (χ3v) is 1.34. The highest BCUT2D eigenvalue weighted by atomic mass is 79.9. The zero-order valence-electron chi connectivity index (χ0n) is 6.26. The Balaban J connectivity index is -0.000000405. The van der Waals surface area contributed by atoms with E-state index in [0.717, 1.165) is 0 Å². The number of thioether (sulfide) groups is 1. The monoisotopic (exact) mass is 319 g/mol. The molecule has 0 unspecified atom stereocenters. The van der Waals surface area contributed by atoms with Gasteiger partial charge in [0, 0.05) is 5.75 Å². The summed E-state index contributed by atoms with van der Waals surface area (Å²) in [6, 6.07) is 0. The molecule has 0 heterocycles. The first-order chi connectivity index (χ1) is 4.63. The van der Waals surface area contributed by atoms with E-state index in [0.29, 0.717) is 12.3 Å². The van der Waals surface area contributed by atoms with E-state index in [1.54, 1.807) is 0 Å². The van der Waals surface area contributed by atoms with E-state index in [1.165, 1.54) is 11.8 Å². The first-order valence-corrected chi connectivity index (χ1v) is 3.63. The van der Waals surface area contributed by atoms with Gasteiger partial charge in [0.05, 0.1) is 6.54 Å². The van der Waals surface area contributed by atoms with Crippen molar-refractivity contribution in [1.82, 2.24) is 0 Å². The van der Waals surface area contributed by atoms with E-state index in [1.807, 2.05) is 0 Å². The lowest BCUT2D eigenvalue weighted by molar-refractivity contribution is -0.001000. The summed E-state index contributed by atoms with van der Waals surface area (Å²) in [4.78, 5) is 3.70. The molecule has 8 heteroatoms. The van der Waals surface area contributed by atoms with Gasteiger partial charge in [0.25, 0.3) is 0 Å². The molecule has 0 saturated heterocycles. The van der Waals surface area contributed by atoms with E-state index in [-0.39, 0.29) is 45.1 Å². The van der Waals surface area contributed by atoms with Crippen molar-refractivity contribution in [2.24, 2.45) is 22.2 Å². The number of nitrogens with zero attached hydrogens (tertiary/aromatic N) is 1. The Labute approximate surface area is 96.6 Å². The largest absolute Gasteiger partial charge is 1.00 e. The average molecular weight is 321 g/mol. The number of hydrogen-bond acceptors (Lipinski definition) is 3. The van der Waals surface area contributed by atoms with E-state index >= 15 is 0 Å². The van der Waals surface area contributed by atoms with Crippen LogP contribution in [-0.4, -0.2) is 23.4 Å². The van der Waals surface area contributed by atoms with E-state index < -0.39 is 0 Å². The lowest BCUT2D eigenvalue weighted by Gasteiger charge is -1.94. The van der Waals surface area contributed by atoms with Crippen molar-refractivity contribution in [1.29, 1.82) is 5.41 Å². The number of halogens is 2. The molecule has 0 aromatic carbocycles. The first kappa shape index (κ1) is 18.0. The maximum atomic E-state index is 6.81. The summed E-state index contributed by atoms with van der Waals surface area (Å²) in [7, 11) is 0. The zero-order valence-corrected chi connectivity index (χ0v) is 10.2. The molecule has 0 spiro atoms. The molecule has 7 N–H and O–H groups in total. The smallest absolute Gasteiger partial charge is 0.185 e. The van der Waals surface area contributed by atoms with Gasteiger partial charge in [0.2, 0.25) is 0 Å². The van der Waals surface area contributed by atoms with Crippen LogP contribution < -0.4 is 51.2 Å². The molecular weight excluding hydrogens is 310 g/mol. The Morgan fingerprint density at radius 1 is 1.25 bits per heavy atom. The van der Waals surface area contributed by atoms with Gasteiger partial charge in [-0.3, -0.25) is 10.4 Å². The second-order valence-electron chi connectivity index (χ2n) is 1.52. The summed E-state index contributed by atoms with van der Waals surface area (Å²) in [6.07, 6.45) is 0. The topological polar surface area (TPSA) is 114 Å². The predicted octanol–water partition coefficient (Wildman–Crippen LogP) is -7.11. The number of amidine groups is 1. The van der Waals surface area contributed by atoms with Crippen molar-refractivity contribution in [3.63, 3.8) is 0 Å². The van der Waals surface area contributed by atoms with Gasteiger partial charge in [-0.05, 0) is 0 Å². The molecule has 0 fully saturated rings. The van der Waals surface area contributed by atoms with Gasteiger partial charge in [0.15, 0.2) is 11.1 Å². The van der Waals surface area contributed by atoms with Gasteiger partial charge in [-0.25, -0.2) is 0 Å². The van der Waals surface area contributed by atoms with Crippen molar-refractivity contribution >= 4 is 22.9 Å². The Bertz CT molecular complexity index is 146. The lowest BCUT2D eigenvalue weighted by atomic mass is 10.8. The molecule has 74 valence electrons. The molecule has 5 nitrogen and oxygen atoms in total. The predicted molar refractivity (Wildman–Crippen MR) is 45.0 cm³/mol. The van der Waals surface area contributed by atoms with Crippen molar-refractivity contribution < 1.29 is 34.0 Å². The minimum Gasteiger partial charge on any atom is -1.00 e. The van der Waals surface area contributed by atoms with Gasteiger partial charge in [-0.15, -0.1) is 0 Å². The SMILES string of the molecule is N=C(N)SCCN=C(N)N.[Br-].[Br-]. The Morgan fingerprint density at radius 2 is 1.75 bits per heavy atom. The third kappa shape index (κ3) is 16.6. The molecule has 0 atom stereocenters. The molecule has 0 bridgehead atoms. The highest BCUT2D eigenvalue weighted by Crippen LogP contribution is 1.95. The van der Waals surface area contributed by atoms with Crippen LogP contribution in [-0.2, 0) is 0 Å². The quantitative estimate of drug-likeness (QED) is 0.235. The van der Waals surface area contributed by atoms with Crippen LogP contribution in [0.15, 0.2) is 4.99 Å². The number of nitrogens with two attached hydrogens (primary N) is 3. The molecule has 0 amide bonds. The van der Waals surface area contributed by atoms with Crippen LogP contribution in [0.5, 0.6) is 0 Å². The number of hydrogen-bond donors (Lipinski definition) is 4. The number of guanidine groups is 1. The van der Waals surface area contributed by atoms with Gasteiger partial charge >= 0.3 is 0 Å². The summed E-state index contributed by atoms with van der Waals surface area (Å²) < 4.78 is 0. The summed E-state index contributed by atoms with van der Waals surface area (Å²) in [6.45, 7) is 0.507. The van der Waals surface area contributed by atoms with Crippen LogP contribution in [0.2, 0.25) is 0 Å². The maximum absolute atomic E-state index is 6.81. The lowest BCUT2D eigenvalue weighted by Crippen LogP contribution is -3.00. The zero-order chi connectivity index (χ0) is 7.98. The molecule has 0 aliphatic heterocycles. The Morgan fingerprint density at radius 3 is 2.08 bits per heavy atom. The summed E-state index contributed by atoms with van der Waals surface area (Å²) in [5.74, 6) is 0.719. The van der Waals surface area contributed by atoms with Crippen LogP contribution in [0.1, 0.15) is 0 Å². The fraction of sp³-hybridized carbons (Fsp3) is 0.500. The maximum Gasteiger partial charge on any atom is 0.185 e. The number of nitrogens with one attached hydrogen (secondary N) is 1. The van der Waals surface area contributed by atoms with Gasteiger partial charge in [-0.1, -0.05) is 11.8 Å². The van der Waals surface area contributed by atoms with Crippen LogP contribution >= 0.6 is 11.8 Å². The molecule has 0 saturated carbocycles. The number of rotatable bonds is 3. The molecule has 0 aliphatic rings. The van der Waals surface area contributed by atoms with Crippen molar-refractivity contribution in [3.05, 3.63) is 0 Å². The second kappa shape index (κ2) is 11.1. The Hall–Kier alpha value is 0.0500. The fourth-order valence-corrected chi connectivity index (χ4v) is 0.733. The Kier molecular flexibility index (Phi) is 16.5. The van der Waals surface area contributed by atoms with Crippen LogP contribution in [0.25, 0.3) is 0 Å². The highest BCUT2D eigenvalue weighted by molar-refractivity contribution is 8.13. The second-order valence-corrected chi connectivity index (χ2v) is 2.66. The van der Waals surface area contributed by atoms with Crippen molar-refractivity contribution in [2.45, 2.75) is 0 Å². The van der Waals surface area contributed by atoms with E-state index in [2.05, 4.69) is 4.99 Å². The van der Waals surface area contributed by atoms with Crippen molar-refractivity contribution in [2.75, 3.05) is 12.3 Å². The first-order valence-electron chi connectivity index (χ1n) is 2.65. The van der Waals surface area contributed by atoms with Crippen LogP contribution in [0.3, 0.4) is 0 Å². The van der Waals surface area contributed by atoms with Crippen LogP contribution in [0, 0.1) is 5.41 Å². The summed E-state index contributed by atoms with van der Waals surface area (Å²) >= 11 is 1.22. The normalized spacial score (nSPS) is 7.33. The van der Waals surface area contributed by atoms with Gasteiger partial charge in [0.1, 0.15) is 0 Å². The molecular formula is C4H11Br2N5S-2. The average Bonchev–Trinajstić information content (AvgIpc) is 1.79. The molecule has 12 heavy (non-hydrogen) atoms. The minimum atomic E-state index is 0. The standard InChI is InChI=1S/C4H11N5S.2BrH/c5-3(6)9-1-2-10-4(7)8;;/h1-2H2,(H3,7,8)(H4,5,6,9);2*1H/p-2. The fourth-order valence-electron chi connectivity index (χ4n) is 0.330. The minimum absolute atomic E-state index is 0. The molecule has 0 rings (SSSR count). The molecule has 0 aliphatic carbocycles.